The first-order valence-electron chi connectivity index (χ1n) is 6.92. The highest BCUT2D eigenvalue weighted by atomic mass is 16.4. The molecule has 1 aromatic rings. The average molecular weight is 276 g/mol. The van der Waals surface area contributed by atoms with Gasteiger partial charge < -0.3 is 15.3 Å². The zero-order valence-electron chi connectivity index (χ0n) is 11.6. The van der Waals surface area contributed by atoms with E-state index in [-0.39, 0.29) is 31.1 Å². The number of carbonyl (C=O) groups is 2. The molecule has 1 atom stereocenters. The SMILES string of the molecule is CC(NC(=O)N(CCC(=O)O)C1CC1)c1ccccc1. The predicted octanol–water partition coefficient (Wildman–Crippen LogP) is 2.40. The Morgan fingerprint density at radius 1 is 1.35 bits per heavy atom. The van der Waals surface area contributed by atoms with Gasteiger partial charge in [0.1, 0.15) is 0 Å². The molecule has 0 aliphatic heterocycles. The van der Waals surface area contributed by atoms with Gasteiger partial charge in [0.05, 0.1) is 12.5 Å². The molecule has 1 aromatic carbocycles. The van der Waals surface area contributed by atoms with Gasteiger partial charge in [0.15, 0.2) is 0 Å². The highest BCUT2D eigenvalue weighted by Crippen LogP contribution is 2.27. The molecule has 1 aliphatic carbocycles. The third-order valence-electron chi connectivity index (χ3n) is 3.45. The van der Waals surface area contributed by atoms with Gasteiger partial charge >= 0.3 is 12.0 Å². The van der Waals surface area contributed by atoms with Crippen molar-refractivity contribution in [3.8, 4) is 0 Å². The second-order valence-corrected chi connectivity index (χ2v) is 5.15. The van der Waals surface area contributed by atoms with Gasteiger partial charge in [0, 0.05) is 12.6 Å². The minimum atomic E-state index is -0.875. The van der Waals surface area contributed by atoms with Crippen LogP contribution in [-0.4, -0.2) is 34.6 Å². The number of carboxylic acid groups (broad SMARTS) is 1. The molecule has 5 heteroatoms. The molecule has 1 saturated carbocycles. The van der Waals surface area contributed by atoms with Crippen LogP contribution in [0.1, 0.15) is 37.8 Å². The van der Waals surface area contributed by atoms with Gasteiger partial charge in [-0.15, -0.1) is 0 Å². The Bertz CT molecular complexity index is 471. The number of hydrogen-bond acceptors (Lipinski definition) is 2. The number of hydrogen-bond donors (Lipinski definition) is 2. The highest BCUT2D eigenvalue weighted by molar-refractivity contribution is 5.76. The number of carbonyl (C=O) groups excluding carboxylic acids is 1. The van der Waals surface area contributed by atoms with E-state index >= 15 is 0 Å². The zero-order valence-corrected chi connectivity index (χ0v) is 11.6. The van der Waals surface area contributed by atoms with E-state index in [9.17, 15) is 9.59 Å². The van der Waals surface area contributed by atoms with Gasteiger partial charge in [-0.25, -0.2) is 4.79 Å². The van der Waals surface area contributed by atoms with E-state index in [0.717, 1.165) is 18.4 Å². The number of aliphatic carboxylic acids is 1. The first-order chi connectivity index (χ1) is 9.58. The molecule has 0 spiro atoms. The van der Waals surface area contributed by atoms with Crippen LogP contribution in [0.4, 0.5) is 4.79 Å². The normalized spacial score (nSPS) is 15.4. The predicted molar refractivity (Wildman–Crippen MR) is 75.4 cm³/mol. The van der Waals surface area contributed by atoms with Crippen molar-refractivity contribution >= 4 is 12.0 Å². The van der Waals surface area contributed by atoms with E-state index in [1.165, 1.54) is 0 Å². The van der Waals surface area contributed by atoms with Crippen LogP contribution in [0.2, 0.25) is 0 Å². The standard InChI is InChI=1S/C15H20N2O3/c1-11(12-5-3-2-4-6-12)16-15(20)17(13-7-8-13)10-9-14(18)19/h2-6,11,13H,7-10H2,1H3,(H,16,20)(H,18,19). The van der Waals surface area contributed by atoms with Crippen molar-refractivity contribution in [3.63, 3.8) is 0 Å². The van der Waals surface area contributed by atoms with E-state index in [2.05, 4.69) is 5.32 Å². The van der Waals surface area contributed by atoms with E-state index in [1.54, 1.807) is 4.90 Å². The molecule has 20 heavy (non-hydrogen) atoms. The fourth-order valence-electron chi connectivity index (χ4n) is 2.15. The number of nitrogens with one attached hydrogen (secondary N) is 1. The molecule has 2 rings (SSSR count). The van der Waals surface area contributed by atoms with Crippen molar-refractivity contribution in [1.29, 1.82) is 0 Å². The monoisotopic (exact) mass is 276 g/mol. The topological polar surface area (TPSA) is 69.6 Å². The molecule has 0 bridgehead atoms. The van der Waals surface area contributed by atoms with Gasteiger partial charge in [-0.2, -0.15) is 0 Å². The van der Waals surface area contributed by atoms with E-state index in [1.807, 2.05) is 37.3 Å². The summed E-state index contributed by atoms with van der Waals surface area (Å²) in [5, 5.41) is 11.7. The van der Waals surface area contributed by atoms with Crippen molar-refractivity contribution in [1.82, 2.24) is 10.2 Å². The Morgan fingerprint density at radius 3 is 2.55 bits per heavy atom. The van der Waals surface area contributed by atoms with Gasteiger partial charge in [-0.1, -0.05) is 30.3 Å². The number of amides is 2. The maximum Gasteiger partial charge on any atom is 0.318 e. The fraction of sp³-hybridized carbons (Fsp3) is 0.467. The van der Waals surface area contributed by atoms with Crippen LogP contribution in [0, 0.1) is 0 Å². The Balaban J connectivity index is 1.92. The summed E-state index contributed by atoms with van der Waals surface area (Å²) in [5.74, 6) is -0.875. The number of carboxylic acids is 1. The van der Waals surface area contributed by atoms with Crippen molar-refractivity contribution < 1.29 is 14.7 Å². The van der Waals surface area contributed by atoms with E-state index < -0.39 is 5.97 Å². The third kappa shape index (κ3) is 3.98. The minimum Gasteiger partial charge on any atom is -0.481 e. The summed E-state index contributed by atoms with van der Waals surface area (Å²) in [6, 6.07) is 9.66. The van der Waals surface area contributed by atoms with Crippen LogP contribution in [0.15, 0.2) is 30.3 Å². The van der Waals surface area contributed by atoms with Gasteiger partial charge in [-0.05, 0) is 25.3 Å². The molecule has 0 heterocycles. The van der Waals surface area contributed by atoms with E-state index in [4.69, 9.17) is 5.11 Å². The Kier molecular flexibility index (Phi) is 4.61. The molecule has 0 radical (unpaired) electrons. The molecule has 0 aromatic heterocycles. The molecule has 1 fully saturated rings. The lowest BCUT2D eigenvalue weighted by Gasteiger charge is -2.24. The first kappa shape index (κ1) is 14.4. The lowest BCUT2D eigenvalue weighted by Crippen LogP contribution is -2.43. The molecule has 5 nitrogen and oxygen atoms in total. The van der Waals surface area contributed by atoms with Crippen molar-refractivity contribution in [2.24, 2.45) is 0 Å². The summed E-state index contributed by atoms with van der Waals surface area (Å²) in [4.78, 5) is 24.5. The summed E-state index contributed by atoms with van der Waals surface area (Å²) in [5.41, 5.74) is 1.04. The van der Waals surface area contributed by atoms with Crippen LogP contribution in [-0.2, 0) is 4.79 Å². The number of nitrogens with zero attached hydrogens (tertiary/aromatic N) is 1. The average Bonchev–Trinajstić information content (AvgIpc) is 3.24. The van der Waals surface area contributed by atoms with Crippen LogP contribution in [0.5, 0.6) is 0 Å². The third-order valence-corrected chi connectivity index (χ3v) is 3.45. The zero-order chi connectivity index (χ0) is 14.5. The largest absolute Gasteiger partial charge is 0.481 e. The lowest BCUT2D eigenvalue weighted by molar-refractivity contribution is -0.137. The first-order valence-corrected chi connectivity index (χ1v) is 6.92. The molecule has 0 saturated heterocycles. The molecule has 1 aliphatic rings. The summed E-state index contributed by atoms with van der Waals surface area (Å²) >= 11 is 0. The maximum atomic E-state index is 12.2. The van der Waals surface area contributed by atoms with Crippen LogP contribution < -0.4 is 5.32 Å². The number of rotatable bonds is 6. The van der Waals surface area contributed by atoms with Crippen LogP contribution >= 0.6 is 0 Å². The quantitative estimate of drug-likeness (QED) is 0.838. The molecule has 108 valence electrons. The maximum absolute atomic E-state index is 12.2. The van der Waals surface area contributed by atoms with Crippen molar-refractivity contribution in [2.75, 3.05) is 6.54 Å². The Hall–Kier alpha value is -2.04. The fourth-order valence-corrected chi connectivity index (χ4v) is 2.15. The van der Waals surface area contributed by atoms with Crippen molar-refractivity contribution in [3.05, 3.63) is 35.9 Å². The van der Waals surface area contributed by atoms with Gasteiger partial charge in [0.25, 0.3) is 0 Å². The van der Waals surface area contributed by atoms with Crippen LogP contribution in [0.25, 0.3) is 0 Å². The van der Waals surface area contributed by atoms with Crippen LogP contribution in [0.3, 0.4) is 0 Å². The number of benzene rings is 1. The summed E-state index contributed by atoms with van der Waals surface area (Å²) in [6.45, 7) is 2.20. The second kappa shape index (κ2) is 6.41. The Morgan fingerprint density at radius 2 is 2.00 bits per heavy atom. The van der Waals surface area contributed by atoms with Gasteiger partial charge in [0.2, 0.25) is 0 Å². The summed E-state index contributed by atoms with van der Waals surface area (Å²) < 4.78 is 0. The van der Waals surface area contributed by atoms with E-state index in [0.29, 0.717) is 0 Å². The lowest BCUT2D eigenvalue weighted by atomic mass is 10.1. The smallest absolute Gasteiger partial charge is 0.318 e. The second-order valence-electron chi connectivity index (χ2n) is 5.15. The van der Waals surface area contributed by atoms with Gasteiger partial charge in [-0.3, -0.25) is 4.79 Å². The highest BCUT2D eigenvalue weighted by Gasteiger charge is 2.33. The molecule has 1 unspecified atom stereocenters. The Labute approximate surface area is 118 Å². The molecular weight excluding hydrogens is 256 g/mol. The molecular formula is C15H20N2O3. The van der Waals surface area contributed by atoms with Crippen molar-refractivity contribution in [2.45, 2.75) is 38.3 Å². The summed E-state index contributed by atoms with van der Waals surface area (Å²) in [6.07, 6.45) is 1.92. The molecule has 2 N–H and O–H groups in total. The molecule has 2 amide bonds. The number of urea groups is 1. The minimum absolute atomic E-state index is 0.0103. The summed E-state index contributed by atoms with van der Waals surface area (Å²) in [7, 11) is 0.